The Morgan fingerprint density at radius 1 is 1.18 bits per heavy atom. The van der Waals surface area contributed by atoms with E-state index in [2.05, 4.69) is 50.6 Å². The molecule has 144 valence electrons. The van der Waals surface area contributed by atoms with E-state index in [0.717, 1.165) is 42.5 Å². The molecule has 0 unspecified atom stereocenters. The van der Waals surface area contributed by atoms with Gasteiger partial charge in [0.1, 0.15) is 0 Å². The first kappa shape index (κ1) is 18.2. The van der Waals surface area contributed by atoms with Gasteiger partial charge in [-0.3, -0.25) is 0 Å². The van der Waals surface area contributed by atoms with Gasteiger partial charge in [-0.15, -0.1) is 5.10 Å². The monoisotopic (exact) mass is 377 g/mol. The molecule has 7 nitrogen and oxygen atoms in total. The molecule has 0 spiro atoms. The number of aromatic amines is 1. The van der Waals surface area contributed by atoms with Gasteiger partial charge in [-0.2, -0.15) is 0 Å². The molecule has 1 aromatic heterocycles. The Kier molecular flexibility index (Phi) is 5.06. The second-order valence-corrected chi connectivity index (χ2v) is 7.16. The molecular weight excluding hydrogens is 354 g/mol. The fourth-order valence-corrected chi connectivity index (χ4v) is 3.89. The predicted octanol–water partition coefficient (Wildman–Crippen LogP) is 3.82. The van der Waals surface area contributed by atoms with Crippen molar-refractivity contribution in [2.75, 3.05) is 4.90 Å². The quantitative estimate of drug-likeness (QED) is 0.608. The Bertz CT molecular complexity index is 984. The Morgan fingerprint density at radius 3 is 2.79 bits per heavy atom. The summed E-state index contributed by atoms with van der Waals surface area (Å²) in [6.07, 6.45) is 4.25. The van der Waals surface area contributed by atoms with Crippen molar-refractivity contribution in [1.82, 2.24) is 20.6 Å². The van der Waals surface area contributed by atoms with Crippen molar-refractivity contribution in [3.63, 3.8) is 0 Å². The molecule has 0 saturated carbocycles. The number of hydrogen-bond donors (Lipinski definition) is 2. The summed E-state index contributed by atoms with van der Waals surface area (Å²) >= 11 is 0. The lowest BCUT2D eigenvalue weighted by Gasteiger charge is -2.24. The van der Waals surface area contributed by atoms with Crippen LogP contribution in [0.3, 0.4) is 0 Å². The second-order valence-electron chi connectivity index (χ2n) is 7.16. The number of aromatic carboxylic acids is 1. The third-order valence-electron chi connectivity index (χ3n) is 5.26. The van der Waals surface area contributed by atoms with Crippen LogP contribution in [0.1, 0.15) is 53.2 Å². The molecule has 3 aromatic rings. The molecule has 0 fully saturated rings. The van der Waals surface area contributed by atoms with Crippen molar-refractivity contribution >= 4 is 11.7 Å². The molecule has 0 bridgehead atoms. The van der Waals surface area contributed by atoms with E-state index < -0.39 is 5.97 Å². The maximum atomic E-state index is 11.9. The van der Waals surface area contributed by atoms with Crippen molar-refractivity contribution in [3.05, 3.63) is 58.7 Å². The summed E-state index contributed by atoms with van der Waals surface area (Å²) in [5, 5.41) is 23.8. The summed E-state index contributed by atoms with van der Waals surface area (Å²) in [4.78, 5) is 14.1. The van der Waals surface area contributed by atoms with E-state index in [9.17, 15) is 9.90 Å². The molecule has 0 amide bonds. The van der Waals surface area contributed by atoms with Gasteiger partial charge in [0.25, 0.3) is 0 Å². The summed E-state index contributed by atoms with van der Waals surface area (Å²) in [5.41, 5.74) is 5.65. The Balaban J connectivity index is 1.66. The largest absolute Gasteiger partial charge is 0.478 e. The number of aromatic nitrogens is 4. The minimum Gasteiger partial charge on any atom is -0.478 e. The topological polar surface area (TPSA) is 95.0 Å². The number of carbonyl (C=O) groups is 1. The number of rotatable bonds is 7. The van der Waals surface area contributed by atoms with Crippen LogP contribution in [0, 0.1) is 0 Å². The molecule has 0 radical (unpaired) electrons. The van der Waals surface area contributed by atoms with E-state index in [0.29, 0.717) is 24.5 Å². The lowest BCUT2D eigenvalue weighted by Crippen LogP contribution is -2.20. The van der Waals surface area contributed by atoms with Gasteiger partial charge in [0, 0.05) is 18.7 Å². The molecule has 2 N–H and O–H groups in total. The average molecular weight is 377 g/mol. The Labute approximate surface area is 163 Å². The zero-order valence-electron chi connectivity index (χ0n) is 15.9. The maximum Gasteiger partial charge on any atom is 0.337 e. The number of unbranched alkanes of at least 4 members (excludes halogenated alkanes) is 2. The van der Waals surface area contributed by atoms with Gasteiger partial charge in [-0.1, -0.05) is 44.0 Å². The number of para-hydroxylation sites is 1. The molecule has 1 aliphatic heterocycles. The lowest BCUT2D eigenvalue weighted by molar-refractivity contribution is 0.0697. The van der Waals surface area contributed by atoms with Crippen LogP contribution in [0.25, 0.3) is 11.4 Å². The van der Waals surface area contributed by atoms with E-state index >= 15 is 0 Å². The number of aryl methyl sites for hydroxylation is 1. The highest BCUT2D eigenvalue weighted by atomic mass is 16.4. The summed E-state index contributed by atoms with van der Waals surface area (Å²) < 4.78 is 0. The number of anilines is 1. The maximum absolute atomic E-state index is 11.9. The zero-order valence-corrected chi connectivity index (χ0v) is 15.9. The average Bonchev–Trinajstić information content (AvgIpc) is 3.37. The third kappa shape index (κ3) is 3.47. The SMILES string of the molecule is CCCCCc1cccc(C(=O)O)c1N1Cc2ccc(-c3nnn[nH]3)cc2C1. The number of H-pyrrole nitrogens is 1. The summed E-state index contributed by atoms with van der Waals surface area (Å²) in [6, 6.07) is 11.8. The Hall–Kier alpha value is -3.22. The van der Waals surface area contributed by atoms with E-state index in [1.165, 1.54) is 11.1 Å². The standard InChI is InChI=1S/C21H23N5O2/c1-2-3-4-6-14-7-5-8-18(21(27)28)19(14)26-12-16-10-9-15(11-17(16)13-26)20-22-24-25-23-20/h5,7-11H,2-4,6,12-13H2,1H3,(H,27,28)(H,22,23,24,25). The third-order valence-corrected chi connectivity index (χ3v) is 5.26. The van der Waals surface area contributed by atoms with Crippen LogP contribution in [-0.4, -0.2) is 31.7 Å². The number of hydrogen-bond acceptors (Lipinski definition) is 5. The van der Waals surface area contributed by atoms with Gasteiger partial charge in [0.05, 0.1) is 11.3 Å². The first-order valence-electron chi connectivity index (χ1n) is 9.63. The first-order chi connectivity index (χ1) is 13.7. The highest BCUT2D eigenvalue weighted by molar-refractivity contribution is 5.95. The molecule has 0 aliphatic carbocycles. The molecule has 4 rings (SSSR count). The van der Waals surface area contributed by atoms with E-state index in [-0.39, 0.29) is 0 Å². The molecule has 28 heavy (non-hydrogen) atoms. The van der Waals surface area contributed by atoms with E-state index in [1.807, 2.05) is 12.1 Å². The van der Waals surface area contributed by atoms with Gasteiger partial charge in [-0.05, 0) is 52.1 Å². The van der Waals surface area contributed by atoms with Crippen LogP contribution in [0.5, 0.6) is 0 Å². The highest BCUT2D eigenvalue weighted by Gasteiger charge is 2.26. The van der Waals surface area contributed by atoms with Crippen molar-refractivity contribution in [1.29, 1.82) is 0 Å². The van der Waals surface area contributed by atoms with Gasteiger partial charge < -0.3 is 10.0 Å². The molecule has 0 atom stereocenters. The van der Waals surface area contributed by atoms with Crippen LogP contribution in [0.15, 0.2) is 36.4 Å². The minimum atomic E-state index is -0.878. The normalized spacial score (nSPS) is 13.0. The first-order valence-corrected chi connectivity index (χ1v) is 9.63. The number of benzene rings is 2. The fraction of sp³-hybridized carbons (Fsp3) is 0.333. The van der Waals surface area contributed by atoms with Crippen molar-refractivity contribution in [2.45, 2.75) is 45.7 Å². The molecule has 7 heteroatoms. The lowest BCUT2D eigenvalue weighted by atomic mass is 10.0. The van der Waals surface area contributed by atoms with Gasteiger partial charge in [0.15, 0.2) is 5.82 Å². The van der Waals surface area contributed by atoms with Gasteiger partial charge in [-0.25, -0.2) is 9.89 Å². The number of fused-ring (bicyclic) bond motifs is 1. The van der Waals surface area contributed by atoms with Gasteiger partial charge >= 0.3 is 5.97 Å². The zero-order chi connectivity index (χ0) is 19.5. The summed E-state index contributed by atoms with van der Waals surface area (Å²) in [7, 11) is 0. The number of nitrogens with one attached hydrogen (secondary N) is 1. The number of tetrazole rings is 1. The predicted molar refractivity (Wildman–Crippen MR) is 106 cm³/mol. The number of carboxylic acids is 1. The summed E-state index contributed by atoms with van der Waals surface area (Å²) in [6.45, 7) is 3.55. The van der Waals surface area contributed by atoms with Crippen LogP contribution in [-0.2, 0) is 19.5 Å². The molecule has 0 saturated heterocycles. The molecular formula is C21H23N5O2. The van der Waals surface area contributed by atoms with Crippen molar-refractivity contribution in [3.8, 4) is 11.4 Å². The van der Waals surface area contributed by atoms with E-state index in [1.54, 1.807) is 6.07 Å². The van der Waals surface area contributed by atoms with Gasteiger partial charge in [0.2, 0.25) is 0 Å². The van der Waals surface area contributed by atoms with E-state index in [4.69, 9.17) is 0 Å². The molecule has 2 heterocycles. The van der Waals surface area contributed by atoms with Crippen molar-refractivity contribution < 1.29 is 9.90 Å². The van der Waals surface area contributed by atoms with Crippen LogP contribution >= 0.6 is 0 Å². The molecule has 1 aliphatic rings. The highest BCUT2D eigenvalue weighted by Crippen LogP contribution is 2.35. The number of carboxylic acid groups (broad SMARTS) is 1. The van der Waals surface area contributed by atoms with Crippen molar-refractivity contribution in [2.24, 2.45) is 0 Å². The smallest absolute Gasteiger partial charge is 0.337 e. The second kappa shape index (κ2) is 7.80. The number of nitrogens with zero attached hydrogens (tertiary/aromatic N) is 4. The molecule has 2 aromatic carbocycles. The fourth-order valence-electron chi connectivity index (χ4n) is 3.89. The van der Waals surface area contributed by atoms with Crippen LogP contribution < -0.4 is 4.90 Å². The van der Waals surface area contributed by atoms with Crippen LogP contribution in [0.2, 0.25) is 0 Å². The Morgan fingerprint density at radius 2 is 2.04 bits per heavy atom. The minimum absolute atomic E-state index is 0.376. The van der Waals surface area contributed by atoms with Crippen LogP contribution in [0.4, 0.5) is 5.69 Å². The summed E-state index contributed by atoms with van der Waals surface area (Å²) in [5.74, 6) is -0.246.